The Hall–Kier alpha value is -2.97. The van der Waals surface area contributed by atoms with Gasteiger partial charge in [0.25, 0.3) is 5.69 Å². The van der Waals surface area contributed by atoms with E-state index in [0.717, 1.165) is 10.0 Å². The van der Waals surface area contributed by atoms with E-state index >= 15 is 0 Å². The number of hydrogen-bond acceptors (Lipinski definition) is 5. The number of nitrogens with one attached hydrogen (secondary N) is 1. The van der Waals surface area contributed by atoms with Crippen molar-refractivity contribution < 1.29 is 14.1 Å². The quantitative estimate of drug-likeness (QED) is 0.318. The van der Waals surface area contributed by atoms with Crippen molar-refractivity contribution in [2.75, 3.05) is 0 Å². The van der Waals surface area contributed by atoms with Gasteiger partial charge in [0.1, 0.15) is 11.5 Å². The van der Waals surface area contributed by atoms with E-state index in [4.69, 9.17) is 16.0 Å². The molecule has 1 heterocycles. The molecule has 142 valence electrons. The first-order chi connectivity index (χ1) is 13.4. The molecule has 0 saturated carbocycles. The lowest BCUT2D eigenvalue weighted by atomic mass is 10.1. The van der Waals surface area contributed by atoms with Gasteiger partial charge >= 0.3 is 0 Å². The fourth-order valence-corrected chi connectivity index (χ4v) is 2.87. The van der Waals surface area contributed by atoms with Crippen LogP contribution in [-0.2, 0) is 11.2 Å². The van der Waals surface area contributed by atoms with Crippen LogP contribution in [0.3, 0.4) is 0 Å². The summed E-state index contributed by atoms with van der Waals surface area (Å²) in [6.45, 7) is 0. The van der Waals surface area contributed by atoms with Gasteiger partial charge in [0.05, 0.1) is 22.6 Å². The molecule has 1 N–H and O–H groups in total. The summed E-state index contributed by atoms with van der Waals surface area (Å²) in [5.74, 6) is 0.555. The van der Waals surface area contributed by atoms with Gasteiger partial charge in [-0.3, -0.25) is 14.9 Å². The Bertz CT molecular complexity index is 1060. The first kappa shape index (κ1) is 19.8. The van der Waals surface area contributed by atoms with Gasteiger partial charge < -0.3 is 4.42 Å². The van der Waals surface area contributed by atoms with Gasteiger partial charge in [-0.15, -0.1) is 0 Å². The number of furan rings is 1. The Balaban J connectivity index is 1.62. The highest BCUT2D eigenvalue weighted by molar-refractivity contribution is 9.10. The summed E-state index contributed by atoms with van der Waals surface area (Å²) in [5.41, 5.74) is 3.34. The Kier molecular flexibility index (Phi) is 6.23. The lowest BCUT2D eigenvalue weighted by molar-refractivity contribution is -0.385. The zero-order valence-corrected chi connectivity index (χ0v) is 16.6. The molecule has 9 heteroatoms. The third kappa shape index (κ3) is 4.85. The number of nitrogens with zero attached hydrogens (tertiary/aromatic N) is 2. The van der Waals surface area contributed by atoms with Crippen LogP contribution < -0.4 is 5.43 Å². The highest BCUT2D eigenvalue weighted by atomic mass is 79.9. The zero-order chi connectivity index (χ0) is 20.1. The summed E-state index contributed by atoms with van der Waals surface area (Å²) >= 11 is 9.41. The first-order valence-electron chi connectivity index (χ1n) is 8.03. The average molecular weight is 463 g/mol. The number of amides is 1. The normalized spacial score (nSPS) is 10.9. The Labute approximate surface area is 173 Å². The smallest absolute Gasteiger partial charge is 0.273 e. The number of nitro groups is 1. The number of benzene rings is 2. The van der Waals surface area contributed by atoms with E-state index in [1.807, 2.05) is 12.1 Å². The second-order valence-electron chi connectivity index (χ2n) is 5.69. The molecule has 2 aromatic carbocycles. The third-order valence-corrected chi connectivity index (χ3v) is 4.98. The van der Waals surface area contributed by atoms with E-state index in [0.29, 0.717) is 22.1 Å². The molecule has 3 rings (SSSR count). The second kappa shape index (κ2) is 8.81. The SMILES string of the molecule is O=C(Cc1ccccc1[N+](=O)[O-])N/N=C/c1ccc(-c2ccc(Br)c(Cl)c2)o1. The number of halogens is 2. The lowest BCUT2D eigenvalue weighted by Gasteiger charge is -2.01. The fourth-order valence-electron chi connectivity index (χ4n) is 2.45. The second-order valence-corrected chi connectivity index (χ2v) is 6.95. The van der Waals surface area contributed by atoms with E-state index in [1.165, 1.54) is 18.3 Å². The van der Waals surface area contributed by atoms with Gasteiger partial charge in [-0.1, -0.05) is 35.9 Å². The summed E-state index contributed by atoms with van der Waals surface area (Å²) in [4.78, 5) is 22.4. The molecule has 0 saturated heterocycles. The molecule has 0 bridgehead atoms. The molecular formula is C19H13BrClN3O4. The van der Waals surface area contributed by atoms with Crippen LogP contribution in [0.5, 0.6) is 0 Å². The molecule has 1 amide bonds. The van der Waals surface area contributed by atoms with Crippen LogP contribution in [-0.4, -0.2) is 17.0 Å². The number of carbonyl (C=O) groups excluding carboxylic acids is 1. The van der Waals surface area contributed by atoms with Crippen LogP contribution in [0.2, 0.25) is 5.02 Å². The van der Waals surface area contributed by atoms with Gasteiger partial charge in [0, 0.05) is 21.7 Å². The van der Waals surface area contributed by atoms with Gasteiger partial charge in [-0.05, 0) is 40.2 Å². The van der Waals surface area contributed by atoms with E-state index < -0.39 is 10.8 Å². The molecular weight excluding hydrogens is 450 g/mol. The number of para-hydroxylation sites is 1. The molecule has 7 nitrogen and oxygen atoms in total. The summed E-state index contributed by atoms with van der Waals surface area (Å²) in [6.07, 6.45) is 1.19. The van der Waals surface area contributed by atoms with Crippen molar-refractivity contribution in [3.05, 3.63) is 85.5 Å². The molecule has 0 aliphatic carbocycles. The average Bonchev–Trinajstić information content (AvgIpc) is 3.13. The molecule has 0 aliphatic heterocycles. The zero-order valence-electron chi connectivity index (χ0n) is 14.3. The maximum absolute atomic E-state index is 12.0. The standard InChI is InChI=1S/C19H13BrClN3O4/c20-15-7-5-13(9-16(15)21)18-8-6-14(28-18)11-22-23-19(25)10-12-3-1-2-4-17(12)24(26)27/h1-9,11H,10H2,(H,23,25)/b22-11+. The van der Waals surface area contributed by atoms with Crippen LogP contribution >= 0.6 is 27.5 Å². The van der Waals surface area contributed by atoms with Crippen molar-refractivity contribution in [1.29, 1.82) is 0 Å². The monoisotopic (exact) mass is 461 g/mol. The van der Waals surface area contributed by atoms with Crippen LogP contribution in [0.4, 0.5) is 5.69 Å². The van der Waals surface area contributed by atoms with E-state index in [2.05, 4.69) is 26.5 Å². The summed E-state index contributed by atoms with van der Waals surface area (Å²) < 4.78 is 6.44. The van der Waals surface area contributed by atoms with Gasteiger partial charge in [0.15, 0.2) is 0 Å². The van der Waals surface area contributed by atoms with Crippen molar-refractivity contribution in [2.24, 2.45) is 5.10 Å². The molecule has 3 aromatic rings. The Morgan fingerprint density at radius 2 is 2.04 bits per heavy atom. The van der Waals surface area contributed by atoms with Crippen LogP contribution in [0.25, 0.3) is 11.3 Å². The number of rotatable bonds is 6. The van der Waals surface area contributed by atoms with Crippen LogP contribution in [0, 0.1) is 10.1 Å². The number of hydrogen-bond donors (Lipinski definition) is 1. The third-order valence-electron chi connectivity index (χ3n) is 3.75. The Morgan fingerprint density at radius 3 is 2.79 bits per heavy atom. The van der Waals surface area contributed by atoms with Gasteiger partial charge in [-0.25, -0.2) is 5.43 Å². The molecule has 0 unspecified atom stereocenters. The van der Waals surface area contributed by atoms with Gasteiger partial charge in [-0.2, -0.15) is 5.10 Å². The predicted molar refractivity (Wildman–Crippen MR) is 109 cm³/mol. The van der Waals surface area contributed by atoms with Crippen molar-refractivity contribution >= 4 is 45.3 Å². The van der Waals surface area contributed by atoms with Crippen LogP contribution in [0.1, 0.15) is 11.3 Å². The summed E-state index contributed by atoms with van der Waals surface area (Å²) in [6, 6.07) is 15.0. The molecule has 0 fully saturated rings. The minimum Gasteiger partial charge on any atom is -0.455 e. The molecule has 0 aliphatic rings. The molecule has 1 aromatic heterocycles. The Morgan fingerprint density at radius 1 is 1.25 bits per heavy atom. The molecule has 0 radical (unpaired) electrons. The number of hydrazone groups is 1. The number of carbonyl (C=O) groups is 1. The molecule has 0 atom stereocenters. The first-order valence-corrected chi connectivity index (χ1v) is 9.20. The number of nitro benzene ring substituents is 1. The fraction of sp³-hybridized carbons (Fsp3) is 0.0526. The van der Waals surface area contributed by atoms with Crippen LogP contribution in [0.15, 0.2) is 68.6 Å². The van der Waals surface area contributed by atoms with Crippen molar-refractivity contribution in [2.45, 2.75) is 6.42 Å². The minimum absolute atomic E-state index is 0.106. The highest BCUT2D eigenvalue weighted by Crippen LogP contribution is 2.29. The van der Waals surface area contributed by atoms with Crippen molar-refractivity contribution in [1.82, 2.24) is 5.43 Å². The van der Waals surface area contributed by atoms with Crippen molar-refractivity contribution in [3.8, 4) is 11.3 Å². The lowest BCUT2D eigenvalue weighted by Crippen LogP contribution is -2.20. The topological polar surface area (TPSA) is 97.7 Å². The highest BCUT2D eigenvalue weighted by Gasteiger charge is 2.15. The minimum atomic E-state index is -0.523. The molecule has 28 heavy (non-hydrogen) atoms. The largest absolute Gasteiger partial charge is 0.455 e. The predicted octanol–water partition coefficient (Wildman–Crippen LogP) is 4.96. The van der Waals surface area contributed by atoms with Gasteiger partial charge in [0.2, 0.25) is 5.91 Å². The van der Waals surface area contributed by atoms with E-state index in [9.17, 15) is 14.9 Å². The summed E-state index contributed by atoms with van der Waals surface area (Å²) in [7, 11) is 0. The molecule has 0 spiro atoms. The van der Waals surface area contributed by atoms with E-state index in [1.54, 1.807) is 30.3 Å². The maximum Gasteiger partial charge on any atom is 0.273 e. The van der Waals surface area contributed by atoms with E-state index in [-0.39, 0.29) is 12.1 Å². The van der Waals surface area contributed by atoms with Crippen molar-refractivity contribution in [3.63, 3.8) is 0 Å². The maximum atomic E-state index is 12.0. The summed E-state index contributed by atoms with van der Waals surface area (Å²) in [5, 5.41) is 15.4.